The number of nitrogens with one attached hydrogen (secondary N) is 2. The summed E-state index contributed by atoms with van der Waals surface area (Å²) in [6.45, 7) is 3.97. The Kier molecular flexibility index (Phi) is 7.02. The van der Waals surface area contributed by atoms with E-state index in [1.165, 1.54) is 0 Å². The van der Waals surface area contributed by atoms with Crippen LogP contribution in [-0.2, 0) is 4.79 Å². The van der Waals surface area contributed by atoms with Crippen LogP contribution in [0, 0.1) is 0 Å². The lowest BCUT2D eigenvalue weighted by molar-refractivity contribution is -0.122. The molecule has 2 aromatic carbocycles. The third-order valence-corrected chi connectivity index (χ3v) is 4.36. The first kappa shape index (κ1) is 19.0. The lowest BCUT2D eigenvalue weighted by Crippen LogP contribution is -2.37. The summed E-state index contributed by atoms with van der Waals surface area (Å²) >= 11 is 6.10. The summed E-state index contributed by atoms with van der Waals surface area (Å²) in [7, 11) is 0. The third-order valence-electron chi connectivity index (χ3n) is 4.04. The monoisotopic (exact) mass is 358 g/mol. The zero-order valence-electron chi connectivity index (χ0n) is 14.5. The van der Waals surface area contributed by atoms with Gasteiger partial charge < -0.3 is 10.6 Å². The van der Waals surface area contributed by atoms with Gasteiger partial charge in [0, 0.05) is 6.04 Å². The first-order valence-corrected chi connectivity index (χ1v) is 8.78. The van der Waals surface area contributed by atoms with Crippen LogP contribution in [0.1, 0.15) is 48.7 Å². The van der Waals surface area contributed by atoms with E-state index >= 15 is 0 Å². The Balaban J connectivity index is 2.16. The highest BCUT2D eigenvalue weighted by atomic mass is 35.5. The Morgan fingerprint density at radius 3 is 2.28 bits per heavy atom. The van der Waals surface area contributed by atoms with Crippen molar-refractivity contribution in [3.8, 4) is 0 Å². The quantitative estimate of drug-likeness (QED) is 0.782. The number of carbonyl (C=O) groups excluding carboxylic acids is 2. The molecule has 0 aliphatic carbocycles. The van der Waals surface area contributed by atoms with Gasteiger partial charge in [-0.15, -0.1) is 0 Å². The Morgan fingerprint density at radius 2 is 1.64 bits per heavy atom. The second-order valence-corrected chi connectivity index (χ2v) is 6.40. The predicted octanol–water partition coefficient (Wildman–Crippen LogP) is 4.12. The molecule has 0 spiro atoms. The van der Waals surface area contributed by atoms with Gasteiger partial charge in [0.25, 0.3) is 5.91 Å². The first-order chi connectivity index (χ1) is 12.0. The molecule has 2 N–H and O–H groups in total. The maximum absolute atomic E-state index is 12.6. The normalized spacial score (nSPS) is 12.9. The second kappa shape index (κ2) is 9.23. The zero-order valence-corrected chi connectivity index (χ0v) is 15.2. The number of hydrogen-bond donors (Lipinski definition) is 2. The van der Waals surface area contributed by atoms with Crippen LogP contribution in [0.2, 0.25) is 5.02 Å². The Morgan fingerprint density at radius 1 is 1.00 bits per heavy atom. The maximum Gasteiger partial charge on any atom is 0.253 e. The molecule has 4 nitrogen and oxygen atoms in total. The van der Waals surface area contributed by atoms with Gasteiger partial charge in [0.15, 0.2) is 0 Å². The molecule has 0 aromatic heterocycles. The minimum absolute atomic E-state index is 0.0948. The van der Waals surface area contributed by atoms with Crippen LogP contribution in [0.5, 0.6) is 0 Å². The second-order valence-electron chi connectivity index (χ2n) is 6.00. The predicted molar refractivity (Wildman–Crippen MR) is 101 cm³/mol. The molecule has 2 rings (SSSR count). The molecule has 0 saturated carbocycles. The summed E-state index contributed by atoms with van der Waals surface area (Å²) in [5.74, 6) is -0.390. The summed E-state index contributed by atoms with van der Waals surface area (Å²) in [4.78, 5) is 24.9. The number of amides is 2. The fraction of sp³-hybridized carbons (Fsp3) is 0.300. The molecule has 5 heteroatoms. The molecular formula is C20H23ClN2O2. The van der Waals surface area contributed by atoms with Gasteiger partial charge in [0.2, 0.25) is 5.91 Å². The van der Waals surface area contributed by atoms with Gasteiger partial charge in [-0.25, -0.2) is 0 Å². The summed E-state index contributed by atoms with van der Waals surface area (Å²) in [6.07, 6.45) is 1.03. The van der Waals surface area contributed by atoms with Crippen LogP contribution in [0.25, 0.3) is 0 Å². The molecule has 0 bridgehead atoms. The molecule has 0 aliphatic heterocycles. The van der Waals surface area contributed by atoms with Crippen LogP contribution in [-0.4, -0.2) is 17.9 Å². The van der Waals surface area contributed by atoms with E-state index in [1.807, 2.05) is 44.2 Å². The van der Waals surface area contributed by atoms with E-state index < -0.39 is 6.04 Å². The Hall–Kier alpha value is -2.33. The van der Waals surface area contributed by atoms with E-state index in [9.17, 15) is 9.59 Å². The van der Waals surface area contributed by atoms with Crippen molar-refractivity contribution in [2.24, 2.45) is 0 Å². The van der Waals surface area contributed by atoms with E-state index in [2.05, 4.69) is 10.6 Å². The van der Waals surface area contributed by atoms with E-state index in [1.54, 1.807) is 24.3 Å². The molecule has 132 valence electrons. The molecule has 0 aliphatic rings. The van der Waals surface area contributed by atoms with Crippen molar-refractivity contribution in [2.75, 3.05) is 0 Å². The highest BCUT2D eigenvalue weighted by Crippen LogP contribution is 2.20. The molecule has 2 amide bonds. The van der Waals surface area contributed by atoms with Crippen molar-refractivity contribution >= 4 is 23.4 Å². The van der Waals surface area contributed by atoms with Crippen LogP contribution < -0.4 is 10.6 Å². The van der Waals surface area contributed by atoms with Crippen LogP contribution >= 0.6 is 11.6 Å². The molecule has 2 atom stereocenters. The number of carbonyl (C=O) groups is 2. The van der Waals surface area contributed by atoms with Crippen molar-refractivity contribution in [2.45, 2.75) is 38.8 Å². The standard InChI is InChI=1S/C20H23ClN2O2/c1-3-14(2)22-19(24)13-18(15-9-5-4-6-10-15)23-20(25)16-11-7-8-12-17(16)21/h4-12,14,18H,3,13H2,1-2H3,(H,22,24)(H,23,25)/t14-,18-/m0/s1. The lowest BCUT2D eigenvalue weighted by Gasteiger charge is -2.20. The smallest absolute Gasteiger partial charge is 0.253 e. The van der Waals surface area contributed by atoms with Crippen LogP contribution in [0.15, 0.2) is 54.6 Å². The van der Waals surface area contributed by atoms with E-state index in [0.717, 1.165) is 12.0 Å². The molecule has 0 unspecified atom stereocenters. The largest absolute Gasteiger partial charge is 0.354 e. The number of hydrogen-bond acceptors (Lipinski definition) is 2. The third kappa shape index (κ3) is 5.61. The summed E-state index contributed by atoms with van der Waals surface area (Å²) in [5, 5.41) is 6.25. The average molecular weight is 359 g/mol. The van der Waals surface area contributed by atoms with Crippen molar-refractivity contribution < 1.29 is 9.59 Å². The van der Waals surface area contributed by atoms with Crippen molar-refractivity contribution in [3.05, 3.63) is 70.7 Å². The van der Waals surface area contributed by atoms with Crippen LogP contribution in [0.4, 0.5) is 0 Å². The molecule has 0 radical (unpaired) electrons. The molecule has 0 fully saturated rings. The van der Waals surface area contributed by atoms with Gasteiger partial charge in [0.1, 0.15) is 0 Å². The van der Waals surface area contributed by atoms with Crippen molar-refractivity contribution in [1.82, 2.24) is 10.6 Å². The summed E-state index contributed by atoms with van der Waals surface area (Å²) in [6, 6.07) is 16.0. The number of halogens is 1. The topological polar surface area (TPSA) is 58.2 Å². The van der Waals surface area contributed by atoms with Gasteiger partial charge in [-0.3, -0.25) is 9.59 Å². The first-order valence-electron chi connectivity index (χ1n) is 8.41. The van der Waals surface area contributed by atoms with Crippen molar-refractivity contribution in [1.29, 1.82) is 0 Å². The fourth-order valence-corrected chi connectivity index (χ4v) is 2.66. The minimum Gasteiger partial charge on any atom is -0.354 e. The molecule has 25 heavy (non-hydrogen) atoms. The van der Waals surface area contributed by atoms with Gasteiger partial charge in [0.05, 0.1) is 23.0 Å². The average Bonchev–Trinajstić information content (AvgIpc) is 2.62. The molecule has 0 saturated heterocycles. The van der Waals surface area contributed by atoms with Crippen molar-refractivity contribution in [3.63, 3.8) is 0 Å². The zero-order chi connectivity index (χ0) is 18.2. The Labute approximate surface area is 153 Å². The van der Waals surface area contributed by atoms with E-state index in [0.29, 0.717) is 10.6 Å². The van der Waals surface area contributed by atoms with Gasteiger partial charge in [-0.05, 0) is 31.0 Å². The highest BCUT2D eigenvalue weighted by molar-refractivity contribution is 6.33. The molecular weight excluding hydrogens is 336 g/mol. The van der Waals surface area contributed by atoms with Gasteiger partial charge in [-0.2, -0.15) is 0 Å². The van der Waals surface area contributed by atoms with Gasteiger partial charge >= 0.3 is 0 Å². The highest BCUT2D eigenvalue weighted by Gasteiger charge is 2.20. The molecule has 2 aromatic rings. The Bertz CT molecular complexity index is 719. The number of rotatable bonds is 7. The molecule has 0 heterocycles. The maximum atomic E-state index is 12.6. The van der Waals surface area contributed by atoms with E-state index in [4.69, 9.17) is 11.6 Å². The summed E-state index contributed by atoms with van der Waals surface area (Å²) in [5.41, 5.74) is 1.27. The minimum atomic E-state index is -0.422. The van der Waals surface area contributed by atoms with Crippen LogP contribution in [0.3, 0.4) is 0 Å². The van der Waals surface area contributed by atoms with Gasteiger partial charge in [-0.1, -0.05) is 61.0 Å². The SMILES string of the molecule is CC[C@H](C)NC(=O)C[C@H](NC(=O)c1ccccc1Cl)c1ccccc1. The lowest BCUT2D eigenvalue weighted by atomic mass is 10.0. The van der Waals surface area contributed by atoms with E-state index in [-0.39, 0.29) is 24.3 Å². The number of benzene rings is 2. The summed E-state index contributed by atoms with van der Waals surface area (Å²) < 4.78 is 0. The fourth-order valence-electron chi connectivity index (χ4n) is 2.44.